The SMILES string of the molecule is CC(C)(C)OC(=O)N[C@H]1CCCCCC=C[C@@H]2C[C@@]2(C(O)NS(O)=c2cc2)NC(=O)[C@@H]2C[C@@H](Oc3nc(-c4ccccc4)cc4ccccc34)CN2C1=O. The van der Waals surface area contributed by atoms with Gasteiger partial charge in [-0.3, -0.25) is 9.59 Å². The number of rotatable bonds is 7. The van der Waals surface area contributed by atoms with Crippen LogP contribution in [-0.2, 0) is 14.3 Å². The monoisotopic (exact) mass is 755 g/mol. The van der Waals surface area contributed by atoms with E-state index in [0.29, 0.717) is 29.7 Å². The van der Waals surface area contributed by atoms with Gasteiger partial charge in [-0.1, -0.05) is 73.5 Å². The maximum Gasteiger partial charge on any atom is 0.408 e. The number of pyridine rings is 1. The van der Waals surface area contributed by atoms with E-state index < -0.39 is 64.4 Å². The molecule has 5 N–H and O–H groups in total. The van der Waals surface area contributed by atoms with Crippen molar-refractivity contribution in [3.63, 3.8) is 0 Å². The minimum atomic E-state index is -1.38. The molecule has 1 saturated carbocycles. The van der Waals surface area contributed by atoms with Gasteiger partial charge in [0.05, 0.1) is 17.8 Å². The zero-order chi connectivity index (χ0) is 38.0. The van der Waals surface area contributed by atoms with Crippen molar-refractivity contribution in [2.45, 2.75) is 101 Å². The van der Waals surface area contributed by atoms with Gasteiger partial charge in [0, 0.05) is 38.7 Å². The van der Waals surface area contributed by atoms with Gasteiger partial charge in [0.25, 0.3) is 0 Å². The topological polar surface area (TPSA) is 162 Å². The molecule has 1 saturated heterocycles. The van der Waals surface area contributed by atoms with E-state index in [9.17, 15) is 24.0 Å². The average molecular weight is 756 g/mol. The van der Waals surface area contributed by atoms with Crippen molar-refractivity contribution in [1.29, 1.82) is 0 Å². The molecule has 3 aromatic carbocycles. The van der Waals surface area contributed by atoms with E-state index >= 15 is 0 Å². The highest BCUT2D eigenvalue weighted by atomic mass is 32.2. The van der Waals surface area contributed by atoms with Crippen LogP contribution in [0.1, 0.15) is 65.7 Å². The van der Waals surface area contributed by atoms with Crippen molar-refractivity contribution in [2.24, 2.45) is 5.92 Å². The average Bonchev–Trinajstić information content (AvgIpc) is 4.06. The number of amides is 3. The van der Waals surface area contributed by atoms with Crippen molar-refractivity contribution in [3.8, 4) is 17.1 Å². The van der Waals surface area contributed by atoms with Crippen LogP contribution in [0.25, 0.3) is 22.0 Å². The second kappa shape index (κ2) is 15.7. The minimum Gasteiger partial charge on any atom is -0.472 e. The molecule has 12 nitrogen and oxygen atoms in total. The van der Waals surface area contributed by atoms with Gasteiger partial charge in [-0.15, -0.1) is 0 Å². The Kier molecular flexibility index (Phi) is 10.9. The van der Waals surface area contributed by atoms with Gasteiger partial charge >= 0.3 is 6.09 Å². The lowest BCUT2D eigenvalue weighted by Crippen LogP contribution is -2.58. The molecule has 13 heteroatoms. The van der Waals surface area contributed by atoms with Crippen LogP contribution in [0, 0.1) is 10.4 Å². The normalized spacial score (nSPS) is 26.2. The molecule has 2 unspecified atom stereocenters. The molecule has 0 bridgehead atoms. The molecule has 3 heterocycles. The lowest BCUT2D eigenvalue weighted by atomic mass is 10.0. The molecule has 7 atom stereocenters. The van der Waals surface area contributed by atoms with E-state index in [0.717, 1.165) is 41.3 Å². The Hall–Kier alpha value is -4.56. The first-order valence-electron chi connectivity index (χ1n) is 18.7. The predicted molar refractivity (Wildman–Crippen MR) is 207 cm³/mol. The number of hydrogen-bond acceptors (Lipinski definition) is 9. The number of hydrogen-bond donors (Lipinski definition) is 5. The Balaban J connectivity index is 1.21. The maximum absolute atomic E-state index is 14.6. The third kappa shape index (κ3) is 8.70. The molecular formula is C41H49N5O7S. The second-order valence-corrected chi connectivity index (χ2v) is 16.8. The molecule has 2 fully saturated rings. The first kappa shape index (κ1) is 37.7. The molecular weight excluding hydrogens is 707 g/mol. The van der Waals surface area contributed by atoms with Gasteiger partial charge in [0.2, 0.25) is 17.7 Å². The molecule has 7 rings (SSSR count). The number of benzene rings is 2. The van der Waals surface area contributed by atoms with Crippen LogP contribution in [0.4, 0.5) is 4.79 Å². The maximum atomic E-state index is 14.6. The zero-order valence-electron chi connectivity index (χ0n) is 30.9. The number of alkyl carbamates (subject to hydrolysis) is 1. The second-order valence-electron chi connectivity index (χ2n) is 15.5. The first-order valence-corrected chi connectivity index (χ1v) is 19.9. The number of nitrogens with zero attached hydrogens (tertiary/aromatic N) is 2. The summed E-state index contributed by atoms with van der Waals surface area (Å²) in [6.45, 7) is 5.34. The Morgan fingerprint density at radius 3 is 2.57 bits per heavy atom. The number of carbonyl (C=O) groups excluding carboxylic acids is 3. The van der Waals surface area contributed by atoms with Gasteiger partial charge < -0.3 is 34.7 Å². The number of nitrogens with one attached hydrogen (secondary N) is 3. The largest absolute Gasteiger partial charge is 0.472 e. The first-order chi connectivity index (χ1) is 25.9. The lowest BCUT2D eigenvalue weighted by molar-refractivity contribution is -0.141. The number of ether oxygens (including phenoxy) is 2. The molecule has 54 heavy (non-hydrogen) atoms. The third-order valence-corrected chi connectivity index (χ3v) is 11.4. The fourth-order valence-corrected chi connectivity index (χ4v) is 8.21. The lowest BCUT2D eigenvalue weighted by Gasteiger charge is -2.31. The van der Waals surface area contributed by atoms with E-state index in [1.807, 2.05) is 66.7 Å². The number of allylic oxidation sites excluding steroid dienone is 1. The molecule has 4 aromatic rings. The van der Waals surface area contributed by atoms with Crippen molar-refractivity contribution in [1.82, 2.24) is 25.2 Å². The molecule has 2 aliphatic heterocycles. The van der Waals surface area contributed by atoms with Crippen LogP contribution in [0.2, 0.25) is 0 Å². The van der Waals surface area contributed by atoms with Gasteiger partial charge in [0.15, 0.2) is 0 Å². The highest BCUT2D eigenvalue weighted by Crippen LogP contribution is 2.48. The quantitative estimate of drug-likeness (QED) is 0.0839. The number of aliphatic hydroxyl groups is 1. The van der Waals surface area contributed by atoms with Crippen molar-refractivity contribution >= 4 is 39.6 Å². The van der Waals surface area contributed by atoms with Crippen LogP contribution >= 0.6 is 11.0 Å². The smallest absolute Gasteiger partial charge is 0.408 e. The summed E-state index contributed by atoms with van der Waals surface area (Å²) < 4.78 is 26.4. The standard InChI is InChI=1S/C41H49N5O7S/c1-40(2,3)53-39(50)43-32-19-11-6-4-5-10-17-28-24-41(28,38(49)45-54(51)30-20-21-30)44-35(47)34-23-29(25-46(34)37(32)48)52-36-31-18-13-12-16-27(31)22-33(42-36)26-14-8-7-9-15-26/h7-10,12-18,20-22,28-29,32,34,38,45,49,51H,4-6,11,19,23-25H2,1-3H3,(H,43,50)(H,44,47)/t28-,29-,32+,34+,38?,41-,54?/m1/s1. The van der Waals surface area contributed by atoms with Gasteiger partial charge in [-0.25, -0.2) is 14.5 Å². The number of aromatic nitrogens is 1. The molecule has 1 aliphatic carbocycles. The molecule has 286 valence electrons. The predicted octanol–water partition coefficient (Wildman–Crippen LogP) is 6.21. The van der Waals surface area contributed by atoms with Gasteiger partial charge in [-0.2, -0.15) is 0 Å². The van der Waals surface area contributed by atoms with E-state index in [4.69, 9.17) is 14.5 Å². The third-order valence-electron chi connectivity index (χ3n) is 10.3. The van der Waals surface area contributed by atoms with Crippen LogP contribution in [0.3, 0.4) is 0 Å². The Labute approximate surface area is 317 Å². The fraction of sp³-hybridized carbons (Fsp3) is 0.439. The summed E-state index contributed by atoms with van der Waals surface area (Å²) in [7, 11) is -1.38. The highest BCUT2D eigenvalue weighted by molar-refractivity contribution is 8.02. The van der Waals surface area contributed by atoms with E-state index in [1.165, 1.54) is 4.90 Å². The summed E-state index contributed by atoms with van der Waals surface area (Å²) in [5, 5.41) is 19.1. The molecule has 1 aromatic heterocycles. The Morgan fingerprint density at radius 2 is 1.81 bits per heavy atom. The summed E-state index contributed by atoms with van der Waals surface area (Å²) in [6, 6.07) is 21.2. The summed E-state index contributed by atoms with van der Waals surface area (Å²) in [6.07, 6.45) is 5.62. The minimum absolute atomic E-state index is 0.0657. The van der Waals surface area contributed by atoms with Crippen molar-refractivity contribution in [2.75, 3.05) is 6.54 Å². The zero-order valence-corrected chi connectivity index (χ0v) is 31.7. The highest BCUT2D eigenvalue weighted by Gasteiger charge is 2.60. The molecule has 0 radical (unpaired) electrons. The van der Waals surface area contributed by atoms with E-state index in [1.54, 1.807) is 32.9 Å². The summed E-state index contributed by atoms with van der Waals surface area (Å²) in [5.41, 5.74) is -0.220. The van der Waals surface area contributed by atoms with Gasteiger partial charge in [0.1, 0.15) is 30.0 Å². The van der Waals surface area contributed by atoms with E-state index in [-0.39, 0.29) is 18.9 Å². The Bertz CT molecular complexity index is 2040. The molecule has 3 aliphatic rings. The van der Waals surface area contributed by atoms with E-state index in [2.05, 4.69) is 21.4 Å². The van der Waals surface area contributed by atoms with Crippen LogP contribution in [-0.4, -0.2) is 79.6 Å². The van der Waals surface area contributed by atoms with Crippen LogP contribution < -0.4 is 20.1 Å². The molecule has 3 amide bonds. The molecule has 0 spiro atoms. The fourth-order valence-electron chi connectivity index (χ4n) is 7.33. The van der Waals surface area contributed by atoms with Crippen LogP contribution in [0.5, 0.6) is 5.88 Å². The summed E-state index contributed by atoms with van der Waals surface area (Å²) in [5.74, 6) is -0.661. The Morgan fingerprint density at radius 1 is 1.06 bits per heavy atom. The van der Waals surface area contributed by atoms with Gasteiger partial charge in [-0.05, 0) is 76.1 Å². The van der Waals surface area contributed by atoms with Crippen molar-refractivity contribution < 1.29 is 33.5 Å². The number of aliphatic hydroxyl groups excluding tert-OH is 1. The number of carbonyl (C=O) groups is 3. The van der Waals surface area contributed by atoms with Crippen LogP contribution in [0.15, 0.2) is 84.9 Å². The number of fused-ring (bicyclic) bond motifs is 3. The van der Waals surface area contributed by atoms with Crippen molar-refractivity contribution in [3.05, 3.63) is 89.5 Å². The summed E-state index contributed by atoms with van der Waals surface area (Å²) in [4.78, 5) is 48.5. The summed E-state index contributed by atoms with van der Waals surface area (Å²) >= 11 is 0.